The van der Waals surface area contributed by atoms with Gasteiger partial charge in [-0.2, -0.15) is 0 Å². The van der Waals surface area contributed by atoms with Gasteiger partial charge in [0.1, 0.15) is 11.6 Å². The van der Waals surface area contributed by atoms with E-state index < -0.39 is 17.7 Å². The number of halogens is 2. The molecule has 2 unspecified atom stereocenters. The number of amides is 1. The lowest BCUT2D eigenvalue weighted by molar-refractivity contribution is -0.123. The van der Waals surface area contributed by atoms with Gasteiger partial charge < -0.3 is 11.1 Å². The Morgan fingerprint density at radius 3 is 2.81 bits per heavy atom. The molecule has 2 atom stereocenters. The molecule has 86 valence electrons. The highest BCUT2D eigenvalue weighted by Gasteiger charge is 2.27. The van der Waals surface area contributed by atoms with Gasteiger partial charge in [-0.05, 0) is 24.6 Å². The zero-order valence-corrected chi connectivity index (χ0v) is 8.54. The predicted octanol–water partition coefficient (Wildman–Crippen LogP) is 1.24. The van der Waals surface area contributed by atoms with Crippen LogP contribution in [0.5, 0.6) is 0 Å². The van der Waals surface area contributed by atoms with Crippen LogP contribution in [-0.2, 0) is 4.79 Å². The van der Waals surface area contributed by atoms with Crippen molar-refractivity contribution in [3.8, 4) is 0 Å². The molecule has 1 aromatic rings. The highest BCUT2D eigenvalue weighted by molar-refractivity contribution is 5.78. The number of carbonyl (C=O) groups excluding carboxylic acids is 1. The van der Waals surface area contributed by atoms with E-state index >= 15 is 0 Å². The first-order chi connectivity index (χ1) is 7.56. The van der Waals surface area contributed by atoms with E-state index in [-0.39, 0.29) is 23.9 Å². The first kappa shape index (κ1) is 11.0. The maximum atomic E-state index is 13.4. The molecule has 2 rings (SSSR count). The van der Waals surface area contributed by atoms with E-state index in [1.54, 1.807) is 0 Å². The van der Waals surface area contributed by atoms with Gasteiger partial charge in [0.25, 0.3) is 0 Å². The van der Waals surface area contributed by atoms with Gasteiger partial charge in [-0.1, -0.05) is 0 Å². The molecule has 0 aromatic heterocycles. The van der Waals surface area contributed by atoms with Crippen LogP contribution in [0.4, 0.5) is 8.78 Å². The van der Waals surface area contributed by atoms with Gasteiger partial charge in [-0.3, -0.25) is 4.79 Å². The fraction of sp³-hybridized carbons (Fsp3) is 0.364. The highest BCUT2D eigenvalue weighted by atomic mass is 19.1. The first-order valence-electron chi connectivity index (χ1n) is 5.06. The van der Waals surface area contributed by atoms with Gasteiger partial charge in [0.2, 0.25) is 5.91 Å². The number of hydrogen-bond donors (Lipinski definition) is 2. The second-order valence-corrected chi connectivity index (χ2v) is 3.99. The molecule has 16 heavy (non-hydrogen) atoms. The molecule has 1 saturated heterocycles. The Balaban J connectivity index is 2.29. The maximum absolute atomic E-state index is 13.4. The molecule has 0 radical (unpaired) electrons. The van der Waals surface area contributed by atoms with E-state index in [0.29, 0.717) is 6.42 Å². The molecular weight excluding hydrogens is 214 g/mol. The van der Waals surface area contributed by atoms with Crippen LogP contribution >= 0.6 is 0 Å². The molecular formula is C11H12F2N2O. The minimum absolute atomic E-state index is 0.156. The number of nitrogens with two attached hydrogens (primary N) is 1. The predicted molar refractivity (Wildman–Crippen MR) is 54.5 cm³/mol. The number of rotatable bonds is 1. The van der Waals surface area contributed by atoms with Crippen molar-refractivity contribution in [3.05, 3.63) is 35.4 Å². The summed E-state index contributed by atoms with van der Waals surface area (Å²) in [6.07, 6.45) is 0.652. The Kier molecular flexibility index (Phi) is 2.87. The molecule has 1 aromatic carbocycles. The van der Waals surface area contributed by atoms with Crippen LogP contribution in [0.2, 0.25) is 0 Å². The molecule has 0 spiro atoms. The normalized spacial score (nSPS) is 25.3. The van der Waals surface area contributed by atoms with Crippen LogP contribution in [0.25, 0.3) is 0 Å². The van der Waals surface area contributed by atoms with Crippen LogP contribution in [0, 0.1) is 11.6 Å². The molecule has 1 aliphatic rings. The summed E-state index contributed by atoms with van der Waals surface area (Å²) in [6.45, 7) is 0. The van der Waals surface area contributed by atoms with Crippen molar-refractivity contribution in [1.82, 2.24) is 5.32 Å². The second-order valence-electron chi connectivity index (χ2n) is 3.99. The summed E-state index contributed by atoms with van der Waals surface area (Å²) in [4.78, 5) is 11.2. The summed E-state index contributed by atoms with van der Waals surface area (Å²) in [6, 6.07) is 2.35. The molecule has 3 N–H and O–H groups in total. The van der Waals surface area contributed by atoms with Crippen molar-refractivity contribution in [2.24, 2.45) is 5.73 Å². The third kappa shape index (κ3) is 2.19. The number of carbonyl (C=O) groups is 1. The van der Waals surface area contributed by atoms with E-state index in [1.165, 1.54) is 0 Å². The number of nitrogens with one attached hydrogen (secondary N) is 1. The van der Waals surface area contributed by atoms with Crippen molar-refractivity contribution in [3.63, 3.8) is 0 Å². The Hall–Kier alpha value is -1.49. The fourth-order valence-corrected chi connectivity index (χ4v) is 1.92. The summed E-state index contributed by atoms with van der Waals surface area (Å²) in [5.74, 6) is -1.28. The lowest BCUT2D eigenvalue weighted by atomic mass is 9.93. The SMILES string of the molecule is NC1CC(=O)NC(c2cc(F)ccc2F)C1. The highest BCUT2D eigenvalue weighted by Crippen LogP contribution is 2.25. The monoisotopic (exact) mass is 226 g/mol. The van der Waals surface area contributed by atoms with Gasteiger partial charge in [-0.15, -0.1) is 0 Å². The molecule has 0 saturated carbocycles. The first-order valence-corrected chi connectivity index (χ1v) is 5.06. The third-order valence-corrected chi connectivity index (χ3v) is 2.65. The zero-order chi connectivity index (χ0) is 11.7. The van der Waals surface area contributed by atoms with E-state index in [0.717, 1.165) is 18.2 Å². The van der Waals surface area contributed by atoms with Gasteiger partial charge >= 0.3 is 0 Å². The molecule has 1 heterocycles. The molecule has 5 heteroatoms. The molecule has 1 fully saturated rings. The molecule has 0 aliphatic carbocycles. The molecule has 3 nitrogen and oxygen atoms in total. The average molecular weight is 226 g/mol. The van der Waals surface area contributed by atoms with Gasteiger partial charge in [0.15, 0.2) is 0 Å². The lowest BCUT2D eigenvalue weighted by Crippen LogP contribution is -2.42. The van der Waals surface area contributed by atoms with E-state index in [4.69, 9.17) is 5.73 Å². The summed E-state index contributed by atoms with van der Waals surface area (Å²) in [5.41, 5.74) is 5.82. The van der Waals surface area contributed by atoms with Crippen LogP contribution in [0.1, 0.15) is 24.4 Å². The van der Waals surface area contributed by atoms with Crippen molar-refractivity contribution in [2.45, 2.75) is 24.9 Å². The minimum Gasteiger partial charge on any atom is -0.349 e. The summed E-state index contributed by atoms with van der Waals surface area (Å²) < 4.78 is 26.4. The average Bonchev–Trinajstić information content (AvgIpc) is 2.20. The summed E-state index contributed by atoms with van der Waals surface area (Å²) >= 11 is 0. The summed E-state index contributed by atoms with van der Waals surface area (Å²) in [5, 5.41) is 2.61. The van der Waals surface area contributed by atoms with E-state index in [2.05, 4.69) is 5.32 Å². The molecule has 0 bridgehead atoms. The smallest absolute Gasteiger partial charge is 0.222 e. The number of hydrogen-bond acceptors (Lipinski definition) is 2. The Morgan fingerprint density at radius 1 is 1.38 bits per heavy atom. The van der Waals surface area contributed by atoms with Crippen molar-refractivity contribution in [1.29, 1.82) is 0 Å². The Labute approximate surface area is 91.6 Å². The molecule has 1 amide bonds. The van der Waals surface area contributed by atoms with Crippen molar-refractivity contribution < 1.29 is 13.6 Å². The fourth-order valence-electron chi connectivity index (χ4n) is 1.92. The van der Waals surface area contributed by atoms with Gasteiger partial charge in [0, 0.05) is 18.0 Å². The van der Waals surface area contributed by atoms with Gasteiger partial charge in [-0.25, -0.2) is 8.78 Å². The largest absolute Gasteiger partial charge is 0.349 e. The lowest BCUT2D eigenvalue weighted by Gasteiger charge is -2.28. The maximum Gasteiger partial charge on any atom is 0.222 e. The number of piperidine rings is 1. The van der Waals surface area contributed by atoms with Crippen molar-refractivity contribution >= 4 is 5.91 Å². The Morgan fingerprint density at radius 2 is 2.12 bits per heavy atom. The van der Waals surface area contributed by atoms with Crippen LogP contribution in [0.3, 0.4) is 0 Å². The Bertz CT molecular complexity index is 422. The quantitative estimate of drug-likeness (QED) is 0.757. The minimum atomic E-state index is -0.535. The van der Waals surface area contributed by atoms with Crippen molar-refractivity contribution in [2.75, 3.05) is 0 Å². The third-order valence-electron chi connectivity index (χ3n) is 2.65. The zero-order valence-electron chi connectivity index (χ0n) is 8.54. The van der Waals surface area contributed by atoms with E-state index in [1.807, 2.05) is 0 Å². The van der Waals surface area contributed by atoms with E-state index in [9.17, 15) is 13.6 Å². The van der Waals surface area contributed by atoms with Crippen LogP contribution in [-0.4, -0.2) is 11.9 Å². The second kappa shape index (κ2) is 4.17. The standard InChI is InChI=1S/C11H12F2N2O/c12-6-1-2-9(13)8(3-6)10-4-7(14)5-11(16)15-10/h1-3,7,10H,4-5,14H2,(H,15,16). The van der Waals surface area contributed by atoms with Crippen LogP contribution < -0.4 is 11.1 Å². The summed E-state index contributed by atoms with van der Waals surface area (Å²) in [7, 11) is 0. The van der Waals surface area contributed by atoms with Crippen LogP contribution in [0.15, 0.2) is 18.2 Å². The molecule has 1 aliphatic heterocycles. The number of benzene rings is 1. The topological polar surface area (TPSA) is 55.1 Å². The van der Waals surface area contributed by atoms with Gasteiger partial charge in [0.05, 0.1) is 6.04 Å².